The fourth-order valence-corrected chi connectivity index (χ4v) is 2.94. The van der Waals surface area contributed by atoms with Gasteiger partial charge < -0.3 is 9.47 Å². The van der Waals surface area contributed by atoms with E-state index in [1.54, 1.807) is 0 Å². The Morgan fingerprint density at radius 2 is 1.94 bits per heavy atom. The lowest BCUT2D eigenvalue weighted by Gasteiger charge is -2.19. The van der Waals surface area contributed by atoms with Crippen molar-refractivity contribution in [2.45, 2.75) is 19.3 Å². The summed E-state index contributed by atoms with van der Waals surface area (Å²) >= 11 is 0. The molecule has 2 rings (SSSR count). The number of hydrogen-bond acceptors (Lipinski definition) is 4. The molecule has 0 N–H and O–H groups in total. The lowest BCUT2D eigenvalue weighted by Crippen LogP contribution is -2.31. The second kappa shape index (κ2) is 4.28. The van der Waals surface area contributed by atoms with Crippen molar-refractivity contribution in [3.05, 3.63) is 11.6 Å². The highest BCUT2D eigenvalue weighted by Gasteiger charge is 2.49. The van der Waals surface area contributed by atoms with Crippen LogP contribution in [0, 0.1) is 17.8 Å². The maximum Gasteiger partial charge on any atom is 0.310 e. The number of ether oxygens (including phenoxy) is 2. The normalized spacial score (nSPS) is 31.9. The molecule has 0 aromatic heterocycles. The Labute approximate surface area is 94.6 Å². The smallest absolute Gasteiger partial charge is 0.310 e. The summed E-state index contributed by atoms with van der Waals surface area (Å²) in [6.07, 6.45) is 4.74. The van der Waals surface area contributed by atoms with Gasteiger partial charge in [-0.3, -0.25) is 9.59 Å². The van der Waals surface area contributed by atoms with Gasteiger partial charge in [-0.15, -0.1) is 0 Å². The van der Waals surface area contributed by atoms with E-state index in [0.29, 0.717) is 6.42 Å². The molecule has 0 unspecified atom stereocenters. The number of esters is 2. The summed E-state index contributed by atoms with van der Waals surface area (Å²) < 4.78 is 9.54. The number of hydrogen-bond donors (Lipinski definition) is 0. The second-order valence-corrected chi connectivity index (χ2v) is 4.35. The van der Waals surface area contributed by atoms with Crippen LogP contribution < -0.4 is 0 Å². The van der Waals surface area contributed by atoms with E-state index in [9.17, 15) is 9.59 Å². The largest absolute Gasteiger partial charge is 0.469 e. The van der Waals surface area contributed by atoms with E-state index in [0.717, 1.165) is 12.8 Å². The first-order valence-corrected chi connectivity index (χ1v) is 5.53. The van der Waals surface area contributed by atoms with Gasteiger partial charge in [-0.05, 0) is 25.2 Å². The quantitative estimate of drug-likeness (QED) is 0.524. The van der Waals surface area contributed by atoms with Gasteiger partial charge in [-0.1, -0.05) is 11.6 Å². The lowest BCUT2D eigenvalue weighted by molar-refractivity contribution is -0.157. The van der Waals surface area contributed by atoms with Crippen molar-refractivity contribution in [3.63, 3.8) is 0 Å². The topological polar surface area (TPSA) is 52.6 Å². The molecule has 0 radical (unpaired) electrons. The van der Waals surface area contributed by atoms with E-state index < -0.39 is 0 Å². The molecule has 0 aromatic rings. The highest BCUT2D eigenvalue weighted by Crippen LogP contribution is 2.48. The van der Waals surface area contributed by atoms with Crippen molar-refractivity contribution in [1.29, 1.82) is 0 Å². The van der Waals surface area contributed by atoms with Gasteiger partial charge in [0.15, 0.2) is 0 Å². The Hall–Kier alpha value is -1.32. The summed E-state index contributed by atoms with van der Waals surface area (Å²) in [5, 5.41) is 0. The first-order chi connectivity index (χ1) is 7.69. The molecule has 4 heteroatoms. The highest BCUT2D eigenvalue weighted by atomic mass is 16.5. The number of rotatable bonds is 2. The zero-order valence-corrected chi connectivity index (χ0v) is 9.56. The first-order valence-electron chi connectivity index (χ1n) is 5.53. The fourth-order valence-electron chi connectivity index (χ4n) is 2.94. The van der Waals surface area contributed by atoms with Crippen molar-refractivity contribution in [2.75, 3.05) is 14.2 Å². The average Bonchev–Trinajstić information content (AvgIpc) is 2.86. The molecule has 2 aliphatic rings. The predicted octanol–water partition coefficient (Wildman–Crippen LogP) is 1.30. The fraction of sp³-hybridized carbons (Fsp3) is 0.667. The van der Waals surface area contributed by atoms with Gasteiger partial charge in [0.1, 0.15) is 0 Å². The average molecular weight is 224 g/mol. The maximum atomic E-state index is 11.7. The Balaban J connectivity index is 2.24. The van der Waals surface area contributed by atoms with Gasteiger partial charge in [0, 0.05) is 0 Å². The molecule has 1 fully saturated rings. The van der Waals surface area contributed by atoms with E-state index in [1.165, 1.54) is 19.8 Å². The van der Waals surface area contributed by atoms with Crippen LogP contribution in [0.15, 0.2) is 11.6 Å². The summed E-state index contributed by atoms with van der Waals surface area (Å²) in [5.74, 6) is -1.09. The third kappa shape index (κ3) is 1.62. The van der Waals surface area contributed by atoms with Crippen LogP contribution in [-0.2, 0) is 19.1 Å². The molecule has 0 spiro atoms. The molecule has 0 bridgehead atoms. The number of carbonyl (C=O) groups is 2. The Morgan fingerprint density at radius 3 is 2.56 bits per heavy atom. The Morgan fingerprint density at radius 1 is 1.25 bits per heavy atom. The SMILES string of the molecule is COC(=O)[C@H]1[C@H](C(=O)OC)CC2=CCC[C@@H]21. The predicted molar refractivity (Wildman–Crippen MR) is 56.4 cm³/mol. The molecule has 0 aromatic carbocycles. The molecule has 16 heavy (non-hydrogen) atoms. The molecular formula is C12H16O4. The van der Waals surface area contributed by atoms with Crippen LogP contribution in [-0.4, -0.2) is 26.2 Å². The van der Waals surface area contributed by atoms with Crippen LogP contribution in [0.4, 0.5) is 0 Å². The molecule has 1 saturated carbocycles. The minimum Gasteiger partial charge on any atom is -0.469 e. The molecule has 0 amide bonds. The number of allylic oxidation sites excluding steroid dienone is 2. The minimum atomic E-state index is -0.353. The molecule has 88 valence electrons. The van der Waals surface area contributed by atoms with E-state index >= 15 is 0 Å². The van der Waals surface area contributed by atoms with E-state index in [-0.39, 0.29) is 29.7 Å². The standard InChI is InChI=1S/C12H16O4/c1-15-11(13)9-6-7-4-3-5-8(7)10(9)12(14)16-2/h4,8-10H,3,5-6H2,1-2H3/t8-,9+,10+/m0/s1. The Bertz CT molecular complexity index is 345. The second-order valence-electron chi connectivity index (χ2n) is 4.35. The lowest BCUT2D eigenvalue weighted by atomic mass is 9.88. The number of fused-ring (bicyclic) bond motifs is 1. The molecular weight excluding hydrogens is 208 g/mol. The van der Waals surface area contributed by atoms with Gasteiger partial charge in [0.05, 0.1) is 26.1 Å². The van der Waals surface area contributed by atoms with Crippen LogP contribution in [0.3, 0.4) is 0 Å². The molecule has 0 aliphatic heterocycles. The van der Waals surface area contributed by atoms with Crippen LogP contribution in [0.25, 0.3) is 0 Å². The third-order valence-electron chi connectivity index (χ3n) is 3.66. The summed E-state index contributed by atoms with van der Waals surface area (Å²) in [5.41, 5.74) is 1.23. The zero-order valence-electron chi connectivity index (χ0n) is 9.56. The zero-order chi connectivity index (χ0) is 11.7. The first kappa shape index (κ1) is 11.2. The third-order valence-corrected chi connectivity index (χ3v) is 3.66. The van der Waals surface area contributed by atoms with Crippen molar-refractivity contribution in [3.8, 4) is 0 Å². The van der Waals surface area contributed by atoms with Gasteiger partial charge in [0.25, 0.3) is 0 Å². The maximum absolute atomic E-state index is 11.7. The van der Waals surface area contributed by atoms with Crippen molar-refractivity contribution >= 4 is 11.9 Å². The molecule has 0 saturated heterocycles. The molecule has 4 nitrogen and oxygen atoms in total. The van der Waals surface area contributed by atoms with Gasteiger partial charge in [-0.2, -0.15) is 0 Å². The van der Waals surface area contributed by atoms with E-state index in [2.05, 4.69) is 6.08 Å². The monoisotopic (exact) mass is 224 g/mol. The summed E-state index contributed by atoms with van der Waals surface area (Å²) in [7, 11) is 2.73. The van der Waals surface area contributed by atoms with E-state index in [4.69, 9.17) is 9.47 Å². The molecule has 3 atom stereocenters. The van der Waals surface area contributed by atoms with Gasteiger partial charge in [0.2, 0.25) is 0 Å². The van der Waals surface area contributed by atoms with Gasteiger partial charge in [-0.25, -0.2) is 0 Å². The van der Waals surface area contributed by atoms with Crippen LogP contribution in [0.1, 0.15) is 19.3 Å². The van der Waals surface area contributed by atoms with Crippen molar-refractivity contribution in [2.24, 2.45) is 17.8 Å². The summed E-state index contributed by atoms with van der Waals surface area (Å²) in [4.78, 5) is 23.3. The van der Waals surface area contributed by atoms with Crippen molar-refractivity contribution < 1.29 is 19.1 Å². The number of methoxy groups -OCH3 is 2. The highest BCUT2D eigenvalue weighted by molar-refractivity contribution is 5.84. The minimum absolute atomic E-state index is 0.191. The Kier molecular flexibility index (Phi) is 2.99. The molecule has 2 aliphatic carbocycles. The molecule has 0 heterocycles. The van der Waals surface area contributed by atoms with E-state index in [1.807, 2.05) is 0 Å². The van der Waals surface area contributed by atoms with Crippen LogP contribution in [0.2, 0.25) is 0 Å². The summed E-state index contributed by atoms with van der Waals surface area (Å²) in [6, 6.07) is 0. The summed E-state index contributed by atoms with van der Waals surface area (Å²) in [6.45, 7) is 0. The number of carbonyl (C=O) groups excluding carboxylic acids is 2. The van der Waals surface area contributed by atoms with Crippen molar-refractivity contribution in [1.82, 2.24) is 0 Å². The van der Waals surface area contributed by atoms with Crippen LogP contribution in [0.5, 0.6) is 0 Å². The van der Waals surface area contributed by atoms with Crippen LogP contribution >= 0.6 is 0 Å². The van der Waals surface area contributed by atoms with Gasteiger partial charge >= 0.3 is 11.9 Å².